The van der Waals surface area contributed by atoms with E-state index in [-0.39, 0.29) is 17.1 Å². The average Bonchev–Trinajstić information content (AvgIpc) is 2.77. The molecule has 28 heavy (non-hydrogen) atoms. The van der Waals surface area contributed by atoms with Crippen molar-refractivity contribution in [1.82, 2.24) is 0 Å². The van der Waals surface area contributed by atoms with Gasteiger partial charge in [0.05, 0.1) is 0 Å². The number of hydrogen-bond acceptors (Lipinski definition) is 1. The Kier molecular flexibility index (Phi) is 15.4. The van der Waals surface area contributed by atoms with Crippen molar-refractivity contribution in [3.8, 4) is 0 Å². The third-order valence-corrected chi connectivity index (χ3v) is 5.62. The molecule has 4 unspecified atom stereocenters. The first-order valence-corrected chi connectivity index (χ1v) is 11.1. The summed E-state index contributed by atoms with van der Waals surface area (Å²) < 4.78 is 0. The maximum atomic E-state index is 7.13. The van der Waals surface area contributed by atoms with Gasteiger partial charge in [-0.25, -0.2) is 0 Å². The standard InChI is InChI=1S/C10H18N2.C10H16N2.CNS.Cu/c2*1-3-7-11-9(5-1)10-6-2-4-8-12-10;2-1-3;/h9-10H,1-8H2;1,5,9-10H,2-4,6-8H2;;/q2*-2;-1;+1. The molecule has 0 amide bonds. The Morgan fingerprint density at radius 1 is 0.714 bits per heavy atom. The van der Waals surface area contributed by atoms with Crippen LogP contribution in [0.5, 0.6) is 0 Å². The summed E-state index contributed by atoms with van der Waals surface area (Å²) in [7, 11) is 0. The second-order valence-corrected chi connectivity index (χ2v) is 7.80. The van der Waals surface area contributed by atoms with Gasteiger partial charge in [0.25, 0.3) is 0 Å². The summed E-state index contributed by atoms with van der Waals surface area (Å²) in [5.74, 6) is 0. The van der Waals surface area contributed by atoms with E-state index in [1.165, 1.54) is 62.9 Å². The Morgan fingerprint density at radius 3 is 1.54 bits per heavy atom. The minimum Gasteiger partial charge on any atom is -0.753 e. The molecule has 4 aliphatic heterocycles. The molecular formula is C21H34CuN5S-4. The molecule has 4 atom stereocenters. The van der Waals surface area contributed by atoms with E-state index in [0.29, 0.717) is 24.2 Å². The van der Waals surface area contributed by atoms with Crippen LogP contribution in [0.4, 0.5) is 0 Å². The minimum atomic E-state index is 0. The molecule has 4 aliphatic rings. The van der Waals surface area contributed by atoms with Crippen molar-refractivity contribution in [2.24, 2.45) is 0 Å². The molecule has 0 N–H and O–H groups in total. The Balaban J connectivity index is 0.000000239. The summed E-state index contributed by atoms with van der Waals surface area (Å²) in [5.41, 5.74) is 0. The first kappa shape index (κ1) is 25.9. The molecule has 0 saturated carbocycles. The molecular weight excluding hydrogens is 418 g/mol. The smallest absolute Gasteiger partial charge is 0.753 e. The summed E-state index contributed by atoms with van der Waals surface area (Å²) in [6.07, 6.45) is 17.5. The first-order valence-electron chi connectivity index (χ1n) is 10.7. The zero-order valence-electron chi connectivity index (χ0n) is 16.8. The van der Waals surface area contributed by atoms with Gasteiger partial charge in [-0.15, -0.1) is 44.3 Å². The van der Waals surface area contributed by atoms with Crippen LogP contribution >= 0.6 is 12.2 Å². The predicted octanol–water partition coefficient (Wildman–Crippen LogP) is 6.11. The minimum absolute atomic E-state index is 0. The maximum absolute atomic E-state index is 7.13. The van der Waals surface area contributed by atoms with E-state index in [9.17, 15) is 0 Å². The van der Waals surface area contributed by atoms with Crippen LogP contribution in [0.2, 0.25) is 0 Å². The first-order chi connectivity index (χ1) is 13.3. The van der Waals surface area contributed by atoms with Gasteiger partial charge in [0, 0.05) is 0 Å². The largest absolute Gasteiger partial charge is 1.00 e. The Morgan fingerprint density at radius 2 is 1.18 bits per heavy atom. The summed E-state index contributed by atoms with van der Waals surface area (Å²) in [6, 6.07) is 2.12. The Labute approximate surface area is 187 Å². The molecule has 0 aromatic heterocycles. The van der Waals surface area contributed by atoms with Gasteiger partial charge in [0.2, 0.25) is 0 Å². The number of hydrogen-bond donors (Lipinski definition) is 0. The maximum Gasteiger partial charge on any atom is 1.00 e. The van der Waals surface area contributed by atoms with Gasteiger partial charge in [-0.3, -0.25) is 0 Å². The monoisotopic (exact) mass is 451 g/mol. The van der Waals surface area contributed by atoms with Crippen LogP contribution in [0.3, 0.4) is 0 Å². The van der Waals surface area contributed by atoms with Crippen molar-refractivity contribution >= 4 is 17.4 Å². The number of rotatable bonds is 2. The zero-order chi connectivity index (χ0) is 19.2. The van der Waals surface area contributed by atoms with Crippen molar-refractivity contribution < 1.29 is 17.1 Å². The summed E-state index contributed by atoms with van der Waals surface area (Å²) in [5, 5.41) is 27.0. The van der Waals surface area contributed by atoms with Crippen LogP contribution in [0.25, 0.3) is 26.7 Å². The molecule has 0 spiro atoms. The third-order valence-electron chi connectivity index (χ3n) is 5.62. The molecule has 0 aromatic carbocycles. The normalized spacial score (nSPS) is 32.3. The second-order valence-electron chi connectivity index (χ2n) is 7.61. The van der Waals surface area contributed by atoms with Crippen molar-refractivity contribution in [3.63, 3.8) is 0 Å². The van der Waals surface area contributed by atoms with E-state index in [1.54, 1.807) is 0 Å². The van der Waals surface area contributed by atoms with Gasteiger partial charge in [-0.2, -0.15) is 17.2 Å². The van der Waals surface area contributed by atoms with Gasteiger partial charge < -0.3 is 26.7 Å². The average molecular weight is 452 g/mol. The fraction of sp³-hybridized carbons (Fsp3) is 0.857. The predicted molar refractivity (Wildman–Crippen MR) is 119 cm³/mol. The van der Waals surface area contributed by atoms with Crippen LogP contribution in [0.15, 0.2) is 12.2 Å². The second kappa shape index (κ2) is 16.7. The van der Waals surface area contributed by atoms with Crippen molar-refractivity contribution in [2.45, 2.75) is 88.4 Å². The van der Waals surface area contributed by atoms with Crippen LogP contribution in [-0.4, -0.2) is 55.5 Å². The summed E-state index contributed by atoms with van der Waals surface area (Å²) in [4.78, 5) is 0. The molecule has 164 valence electrons. The molecule has 7 heteroatoms. The molecule has 4 rings (SSSR count). The quantitative estimate of drug-likeness (QED) is 0.216. The van der Waals surface area contributed by atoms with Crippen molar-refractivity contribution in [2.75, 3.05) is 26.2 Å². The van der Waals surface area contributed by atoms with E-state index in [2.05, 4.69) is 45.6 Å². The van der Waals surface area contributed by atoms with Crippen LogP contribution in [-0.2, 0) is 17.1 Å². The van der Waals surface area contributed by atoms with E-state index in [0.717, 1.165) is 32.6 Å². The molecule has 4 heterocycles. The van der Waals surface area contributed by atoms with E-state index >= 15 is 0 Å². The van der Waals surface area contributed by atoms with E-state index in [1.807, 2.05) is 0 Å². The fourth-order valence-corrected chi connectivity index (χ4v) is 4.19. The Hall–Kier alpha value is -0.101. The molecule has 0 radical (unpaired) electrons. The van der Waals surface area contributed by atoms with E-state index < -0.39 is 0 Å². The van der Waals surface area contributed by atoms with Gasteiger partial charge >= 0.3 is 17.1 Å². The summed E-state index contributed by atoms with van der Waals surface area (Å²) in [6.45, 7) is 4.26. The number of nitrogens with zero attached hydrogens (tertiary/aromatic N) is 5. The van der Waals surface area contributed by atoms with Crippen LogP contribution in [0, 0.1) is 0 Å². The zero-order valence-corrected chi connectivity index (χ0v) is 18.6. The van der Waals surface area contributed by atoms with Crippen molar-refractivity contribution in [3.05, 3.63) is 38.8 Å². The SMILES string of the molecule is C1=CC(C2CCCC[N-]2)[N-]CC1.C1CCC(C2CCCC[N-]2)[N-]C1.[Cu+].[N-]=C=S. The molecule has 0 aliphatic carbocycles. The van der Waals surface area contributed by atoms with Crippen LogP contribution in [0.1, 0.15) is 64.2 Å². The summed E-state index contributed by atoms with van der Waals surface area (Å²) >= 11 is 3.70. The topological polar surface area (TPSA) is 78.7 Å². The number of thiocarbonyl (C=S) groups is 1. The van der Waals surface area contributed by atoms with Gasteiger partial charge in [0.1, 0.15) is 0 Å². The number of piperidine rings is 3. The van der Waals surface area contributed by atoms with Crippen molar-refractivity contribution in [1.29, 1.82) is 0 Å². The molecule has 3 fully saturated rings. The van der Waals surface area contributed by atoms with E-state index in [4.69, 9.17) is 5.41 Å². The molecule has 3 saturated heterocycles. The number of isothiocyanates is 1. The molecule has 5 nitrogen and oxygen atoms in total. The van der Waals surface area contributed by atoms with Gasteiger partial charge in [-0.05, 0) is 0 Å². The van der Waals surface area contributed by atoms with Crippen LogP contribution < -0.4 is 0 Å². The molecule has 0 aromatic rings. The molecule has 0 bridgehead atoms. The Bertz CT molecular complexity index is 422. The third kappa shape index (κ3) is 10.1. The fourth-order valence-electron chi connectivity index (χ4n) is 4.19. The van der Waals surface area contributed by atoms with Gasteiger partial charge in [-0.1, -0.05) is 82.5 Å². The van der Waals surface area contributed by atoms with Gasteiger partial charge in [0.15, 0.2) is 0 Å².